The van der Waals surface area contributed by atoms with Gasteiger partial charge < -0.3 is 10.6 Å². The lowest BCUT2D eigenvalue weighted by molar-refractivity contribution is 0.0725. The highest BCUT2D eigenvalue weighted by atomic mass is 16.2. The van der Waals surface area contributed by atoms with Gasteiger partial charge in [0.25, 0.3) is 5.91 Å². The molecule has 1 heterocycles. The van der Waals surface area contributed by atoms with E-state index in [1.807, 2.05) is 11.0 Å². The van der Waals surface area contributed by atoms with Crippen LogP contribution in [0.2, 0.25) is 0 Å². The van der Waals surface area contributed by atoms with Crippen LogP contribution in [0.4, 0.5) is 5.69 Å². The van der Waals surface area contributed by atoms with Crippen molar-refractivity contribution in [3.63, 3.8) is 0 Å². The summed E-state index contributed by atoms with van der Waals surface area (Å²) in [5.74, 6) is 0.0535. The maximum absolute atomic E-state index is 12.2. The minimum atomic E-state index is 0.0535. The van der Waals surface area contributed by atoms with Crippen LogP contribution in [0.1, 0.15) is 35.2 Å². The summed E-state index contributed by atoms with van der Waals surface area (Å²) < 4.78 is 0. The number of benzene rings is 1. The zero-order chi connectivity index (χ0) is 12.3. The largest absolute Gasteiger partial charge is 0.398 e. The Labute approximate surface area is 102 Å². The van der Waals surface area contributed by atoms with Gasteiger partial charge in [-0.1, -0.05) is 18.7 Å². The monoisotopic (exact) mass is 230 g/mol. The summed E-state index contributed by atoms with van der Waals surface area (Å²) in [4.78, 5) is 14.1. The fourth-order valence-electron chi connectivity index (χ4n) is 2.17. The molecule has 17 heavy (non-hydrogen) atoms. The van der Waals surface area contributed by atoms with Crippen LogP contribution in [0.5, 0.6) is 0 Å². The van der Waals surface area contributed by atoms with Crippen molar-refractivity contribution in [3.8, 4) is 0 Å². The molecular formula is C14H18N2O. The van der Waals surface area contributed by atoms with E-state index in [1.54, 1.807) is 18.2 Å². The van der Waals surface area contributed by atoms with Gasteiger partial charge >= 0.3 is 0 Å². The smallest absolute Gasteiger partial charge is 0.255 e. The molecule has 1 aliphatic rings. The molecule has 3 heteroatoms. The number of hydrogen-bond acceptors (Lipinski definition) is 2. The average molecular weight is 230 g/mol. The summed E-state index contributed by atoms with van der Waals surface area (Å²) in [6.45, 7) is 5.38. The van der Waals surface area contributed by atoms with Crippen LogP contribution in [0.25, 0.3) is 6.08 Å². The van der Waals surface area contributed by atoms with Gasteiger partial charge in [-0.3, -0.25) is 4.79 Å². The molecule has 1 fully saturated rings. The number of likely N-dealkylation sites (tertiary alicyclic amines) is 1. The summed E-state index contributed by atoms with van der Waals surface area (Å²) in [7, 11) is 0. The molecule has 1 aromatic rings. The maximum atomic E-state index is 12.2. The molecule has 0 bridgehead atoms. The van der Waals surface area contributed by atoms with E-state index in [2.05, 4.69) is 6.58 Å². The summed E-state index contributed by atoms with van der Waals surface area (Å²) >= 11 is 0. The Hall–Kier alpha value is -1.77. The zero-order valence-corrected chi connectivity index (χ0v) is 9.98. The number of carbonyl (C=O) groups excluding carboxylic acids is 1. The third-order valence-electron chi connectivity index (χ3n) is 3.19. The molecule has 2 rings (SSSR count). The average Bonchev–Trinajstić information content (AvgIpc) is 2.39. The van der Waals surface area contributed by atoms with Crippen molar-refractivity contribution in [1.82, 2.24) is 4.90 Å². The minimum Gasteiger partial charge on any atom is -0.398 e. The highest BCUT2D eigenvalue weighted by Crippen LogP contribution is 2.19. The first-order chi connectivity index (χ1) is 8.22. The highest BCUT2D eigenvalue weighted by Gasteiger charge is 2.19. The second-order valence-corrected chi connectivity index (χ2v) is 4.40. The Morgan fingerprint density at radius 1 is 1.29 bits per heavy atom. The Kier molecular flexibility index (Phi) is 3.47. The summed E-state index contributed by atoms with van der Waals surface area (Å²) in [6, 6.07) is 5.47. The van der Waals surface area contributed by atoms with E-state index in [0.717, 1.165) is 31.5 Å². The van der Waals surface area contributed by atoms with E-state index in [9.17, 15) is 4.79 Å². The zero-order valence-electron chi connectivity index (χ0n) is 9.98. The highest BCUT2D eigenvalue weighted by molar-refractivity contribution is 5.99. The molecule has 1 saturated heterocycles. The van der Waals surface area contributed by atoms with Crippen molar-refractivity contribution >= 4 is 17.7 Å². The van der Waals surface area contributed by atoms with Gasteiger partial charge in [0, 0.05) is 18.8 Å². The lowest BCUT2D eigenvalue weighted by Crippen LogP contribution is -2.35. The third-order valence-corrected chi connectivity index (χ3v) is 3.19. The first-order valence-corrected chi connectivity index (χ1v) is 6.03. The van der Waals surface area contributed by atoms with E-state index >= 15 is 0 Å². The van der Waals surface area contributed by atoms with Gasteiger partial charge in [-0.25, -0.2) is 0 Å². The van der Waals surface area contributed by atoms with Crippen LogP contribution in [0, 0.1) is 0 Å². The lowest BCUT2D eigenvalue weighted by atomic mass is 10.1. The quantitative estimate of drug-likeness (QED) is 0.794. The molecule has 1 aromatic carbocycles. The molecule has 0 aromatic heterocycles. The molecule has 0 atom stereocenters. The molecule has 0 spiro atoms. The molecule has 1 amide bonds. The van der Waals surface area contributed by atoms with Crippen molar-refractivity contribution in [2.45, 2.75) is 19.3 Å². The van der Waals surface area contributed by atoms with Gasteiger partial charge in [0.2, 0.25) is 0 Å². The fourth-order valence-corrected chi connectivity index (χ4v) is 2.17. The second-order valence-electron chi connectivity index (χ2n) is 4.40. The van der Waals surface area contributed by atoms with Crippen LogP contribution in [-0.4, -0.2) is 23.9 Å². The number of hydrogen-bond donors (Lipinski definition) is 1. The molecule has 0 aliphatic carbocycles. The van der Waals surface area contributed by atoms with E-state index < -0.39 is 0 Å². The van der Waals surface area contributed by atoms with Crippen molar-refractivity contribution in [2.75, 3.05) is 18.8 Å². The standard InChI is InChI=1S/C14H18N2O/c1-2-11-6-7-12(13(15)10-11)14(17)16-8-4-3-5-9-16/h2,6-7,10H,1,3-5,8-9,15H2. The van der Waals surface area contributed by atoms with Gasteiger partial charge in [-0.2, -0.15) is 0 Å². The topological polar surface area (TPSA) is 46.3 Å². The molecule has 1 aliphatic heterocycles. The molecule has 0 radical (unpaired) electrons. The van der Waals surface area contributed by atoms with Gasteiger partial charge in [0.15, 0.2) is 0 Å². The number of nitrogens with zero attached hydrogens (tertiary/aromatic N) is 1. The predicted octanol–water partition coefficient (Wildman–Crippen LogP) is 2.54. The summed E-state index contributed by atoms with van der Waals surface area (Å²) in [5.41, 5.74) is 8.00. The van der Waals surface area contributed by atoms with Crippen LogP contribution in [0.15, 0.2) is 24.8 Å². The Bertz CT molecular complexity index is 434. The Balaban J connectivity index is 2.21. The van der Waals surface area contributed by atoms with E-state index in [-0.39, 0.29) is 5.91 Å². The van der Waals surface area contributed by atoms with Crippen LogP contribution < -0.4 is 5.73 Å². The lowest BCUT2D eigenvalue weighted by Gasteiger charge is -2.27. The third kappa shape index (κ3) is 2.49. The van der Waals surface area contributed by atoms with Crippen molar-refractivity contribution in [1.29, 1.82) is 0 Å². The van der Waals surface area contributed by atoms with E-state index in [0.29, 0.717) is 11.3 Å². The number of nitrogen functional groups attached to an aromatic ring is 1. The number of carbonyl (C=O) groups is 1. The first kappa shape index (κ1) is 11.7. The van der Waals surface area contributed by atoms with Crippen molar-refractivity contribution < 1.29 is 4.79 Å². The number of amides is 1. The normalized spacial score (nSPS) is 15.6. The van der Waals surface area contributed by atoms with Crippen LogP contribution in [0.3, 0.4) is 0 Å². The van der Waals surface area contributed by atoms with Crippen molar-refractivity contribution in [2.24, 2.45) is 0 Å². The summed E-state index contributed by atoms with van der Waals surface area (Å²) in [6.07, 6.45) is 5.13. The summed E-state index contributed by atoms with van der Waals surface area (Å²) in [5, 5.41) is 0. The van der Waals surface area contributed by atoms with E-state index in [4.69, 9.17) is 5.73 Å². The molecule has 0 unspecified atom stereocenters. The van der Waals surface area contributed by atoms with Crippen molar-refractivity contribution in [3.05, 3.63) is 35.9 Å². The van der Waals surface area contributed by atoms with Crippen LogP contribution >= 0.6 is 0 Å². The molecule has 2 N–H and O–H groups in total. The number of nitrogens with two attached hydrogens (primary N) is 1. The fraction of sp³-hybridized carbons (Fsp3) is 0.357. The molecular weight excluding hydrogens is 212 g/mol. The second kappa shape index (κ2) is 5.04. The van der Waals surface area contributed by atoms with Gasteiger partial charge in [-0.05, 0) is 37.0 Å². The number of rotatable bonds is 2. The van der Waals surface area contributed by atoms with Gasteiger partial charge in [0.05, 0.1) is 5.56 Å². The number of anilines is 1. The van der Waals surface area contributed by atoms with Gasteiger partial charge in [0.1, 0.15) is 0 Å². The molecule has 0 saturated carbocycles. The number of piperidine rings is 1. The minimum absolute atomic E-state index is 0.0535. The molecule has 3 nitrogen and oxygen atoms in total. The van der Waals surface area contributed by atoms with Gasteiger partial charge in [-0.15, -0.1) is 0 Å². The molecule has 90 valence electrons. The Morgan fingerprint density at radius 3 is 2.59 bits per heavy atom. The van der Waals surface area contributed by atoms with Crippen LogP contribution in [-0.2, 0) is 0 Å². The SMILES string of the molecule is C=Cc1ccc(C(=O)N2CCCCC2)c(N)c1. The van der Waals surface area contributed by atoms with E-state index in [1.165, 1.54) is 6.42 Å². The predicted molar refractivity (Wildman–Crippen MR) is 70.7 cm³/mol. The maximum Gasteiger partial charge on any atom is 0.255 e. The Morgan fingerprint density at radius 2 is 2.00 bits per heavy atom. The first-order valence-electron chi connectivity index (χ1n) is 6.03.